The predicted octanol–water partition coefficient (Wildman–Crippen LogP) is 2.68. The van der Waals surface area contributed by atoms with Gasteiger partial charge in [0.15, 0.2) is 0 Å². The number of hydrogen-bond acceptors (Lipinski definition) is 4. The minimum absolute atomic E-state index is 0.127. The van der Waals surface area contributed by atoms with E-state index >= 15 is 0 Å². The summed E-state index contributed by atoms with van der Waals surface area (Å²) in [6.45, 7) is 10.3. The summed E-state index contributed by atoms with van der Waals surface area (Å²) in [7, 11) is 0. The van der Waals surface area contributed by atoms with Crippen LogP contribution < -0.4 is 10.4 Å². The van der Waals surface area contributed by atoms with Crippen LogP contribution in [0.4, 0.5) is 5.69 Å². The SMILES string of the molecule is Cc1ccc(N2CCC(NOC(C)(C)C)CC2)cn1. The summed E-state index contributed by atoms with van der Waals surface area (Å²) in [6.07, 6.45) is 4.17. The third kappa shape index (κ3) is 4.48. The summed E-state index contributed by atoms with van der Waals surface area (Å²) >= 11 is 0. The smallest absolute Gasteiger partial charge is 0.0813 e. The van der Waals surface area contributed by atoms with E-state index in [0.717, 1.165) is 31.6 Å². The zero-order valence-electron chi connectivity index (χ0n) is 12.4. The highest BCUT2D eigenvalue weighted by molar-refractivity contribution is 5.44. The van der Waals surface area contributed by atoms with Crippen LogP contribution in [0, 0.1) is 6.92 Å². The molecule has 0 saturated carbocycles. The van der Waals surface area contributed by atoms with Crippen molar-refractivity contribution in [1.82, 2.24) is 10.5 Å². The zero-order valence-corrected chi connectivity index (χ0v) is 12.4. The number of hydrogen-bond donors (Lipinski definition) is 1. The molecule has 1 N–H and O–H groups in total. The highest BCUT2D eigenvalue weighted by Gasteiger charge is 2.21. The third-order valence-corrected chi connectivity index (χ3v) is 3.29. The van der Waals surface area contributed by atoms with Crippen molar-refractivity contribution in [2.24, 2.45) is 0 Å². The van der Waals surface area contributed by atoms with Crippen LogP contribution in [0.5, 0.6) is 0 Å². The maximum absolute atomic E-state index is 5.64. The Morgan fingerprint density at radius 1 is 1.26 bits per heavy atom. The molecular formula is C15H25N3O. The number of rotatable bonds is 3. The summed E-state index contributed by atoms with van der Waals surface area (Å²) in [5, 5.41) is 0. The van der Waals surface area contributed by atoms with Crippen molar-refractivity contribution in [2.75, 3.05) is 18.0 Å². The van der Waals surface area contributed by atoms with Gasteiger partial charge in [-0.25, -0.2) is 0 Å². The van der Waals surface area contributed by atoms with Gasteiger partial charge in [-0.05, 0) is 52.7 Å². The normalized spacial score (nSPS) is 17.8. The minimum atomic E-state index is -0.127. The first-order valence-corrected chi connectivity index (χ1v) is 7.05. The van der Waals surface area contributed by atoms with Crippen LogP contribution >= 0.6 is 0 Å². The van der Waals surface area contributed by atoms with Gasteiger partial charge in [0.1, 0.15) is 0 Å². The van der Waals surface area contributed by atoms with Crippen LogP contribution in [-0.2, 0) is 4.84 Å². The molecule has 0 radical (unpaired) electrons. The van der Waals surface area contributed by atoms with Crippen LogP contribution in [0.2, 0.25) is 0 Å². The molecule has 2 rings (SSSR count). The Balaban J connectivity index is 1.81. The summed E-state index contributed by atoms with van der Waals surface area (Å²) in [5.74, 6) is 0. The van der Waals surface area contributed by atoms with Gasteiger partial charge >= 0.3 is 0 Å². The first-order chi connectivity index (χ1) is 8.94. The summed E-state index contributed by atoms with van der Waals surface area (Å²) in [4.78, 5) is 12.4. The Hall–Kier alpha value is -1.13. The number of piperidine rings is 1. The van der Waals surface area contributed by atoms with E-state index in [1.165, 1.54) is 5.69 Å². The number of hydroxylamine groups is 1. The maximum Gasteiger partial charge on any atom is 0.0813 e. The van der Waals surface area contributed by atoms with Crippen molar-refractivity contribution < 1.29 is 4.84 Å². The molecule has 0 unspecified atom stereocenters. The van der Waals surface area contributed by atoms with Gasteiger partial charge in [-0.3, -0.25) is 9.82 Å². The summed E-state index contributed by atoms with van der Waals surface area (Å²) in [5.41, 5.74) is 5.36. The van der Waals surface area contributed by atoms with Crippen LogP contribution in [0.3, 0.4) is 0 Å². The van der Waals surface area contributed by atoms with Gasteiger partial charge in [0.2, 0.25) is 0 Å². The highest BCUT2D eigenvalue weighted by atomic mass is 16.7. The first kappa shape index (κ1) is 14.3. The van der Waals surface area contributed by atoms with Crippen LogP contribution in [0.1, 0.15) is 39.3 Å². The van der Waals surface area contributed by atoms with E-state index in [9.17, 15) is 0 Å². The van der Waals surface area contributed by atoms with Crippen molar-refractivity contribution in [3.8, 4) is 0 Å². The molecule has 1 aromatic heterocycles. The van der Waals surface area contributed by atoms with Crippen LogP contribution in [0.15, 0.2) is 18.3 Å². The molecule has 19 heavy (non-hydrogen) atoms. The third-order valence-electron chi connectivity index (χ3n) is 3.29. The van der Waals surface area contributed by atoms with Crippen molar-refractivity contribution in [2.45, 2.75) is 52.2 Å². The molecule has 0 bridgehead atoms. The fraction of sp³-hybridized carbons (Fsp3) is 0.667. The van der Waals surface area contributed by atoms with Crippen LogP contribution in [-0.4, -0.2) is 29.7 Å². The lowest BCUT2D eigenvalue weighted by molar-refractivity contribution is -0.0910. The average Bonchev–Trinajstić information content (AvgIpc) is 2.37. The molecule has 1 aliphatic rings. The Kier molecular flexibility index (Phi) is 4.42. The van der Waals surface area contributed by atoms with Crippen molar-refractivity contribution in [3.05, 3.63) is 24.0 Å². The molecule has 4 nitrogen and oxygen atoms in total. The number of aryl methyl sites for hydroxylation is 1. The molecule has 106 valence electrons. The van der Waals surface area contributed by atoms with Crippen molar-refractivity contribution >= 4 is 5.69 Å². The largest absolute Gasteiger partial charge is 0.370 e. The molecular weight excluding hydrogens is 238 g/mol. The second kappa shape index (κ2) is 5.88. The van der Waals surface area contributed by atoms with Gasteiger partial charge in [0.25, 0.3) is 0 Å². The molecule has 2 heterocycles. The van der Waals surface area contributed by atoms with E-state index in [1.807, 2.05) is 13.1 Å². The van der Waals surface area contributed by atoms with Gasteiger partial charge in [-0.2, -0.15) is 5.48 Å². The maximum atomic E-state index is 5.64. The standard InChI is InChI=1S/C15H25N3O/c1-12-5-6-14(11-16-12)18-9-7-13(8-10-18)17-19-15(2,3)4/h5-6,11,13,17H,7-10H2,1-4H3. The topological polar surface area (TPSA) is 37.4 Å². The number of anilines is 1. The zero-order chi connectivity index (χ0) is 13.9. The van der Waals surface area contributed by atoms with E-state index in [2.05, 4.69) is 48.3 Å². The first-order valence-electron chi connectivity index (χ1n) is 7.05. The minimum Gasteiger partial charge on any atom is -0.370 e. The van der Waals surface area contributed by atoms with Crippen molar-refractivity contribution in [3.63, 3.8) is 0 Å². The van der Waals surface area contributed by atoms with E-state index in [1.54, 1.807) is 0 Å². The molecule has 1 aromatic rings. The van der Waals surface area contributed by atoms with Crippen molar-refractivity contribution in [1.29, 1.82) is 0 Å². The van der Waals surface area contributed by atoms with Gasteiger partial charge in [-0.1, -0.05) is 0 Å². The van der Waals surface area contributed by atoms with Gasteiger partial charge in [0.05, 0.1) is 17.5 Å². The number of pyridine rings is 1. The van der Waals surface area contributed by atoms with E-state index in [4.69, 9.17) is 4.84 Å². The molecule has 4 heteroatoms. The Morgan fingerprint density at radius 2 is 1.95 bits per heavy atom. The molecule has 1 fully saturated rings. The van der Waals surface area contributed by atoms with Gasteiger partial charge in [0, 0.05) is 24.8 Å². The molecule has 0 spiro atoms. The molecule has 0 aromatic carbocycles. The lowest BCUT2D eigenvalue weighted by Crippen LogP contribution is -2.44. The number of aromatic nitrogens is 1. The summed E-state index contributed by atoms with van der Waals surface area (Å²) < 4.78 is 0. The second-order valence-electron chi connectivity index (χ2n) is 6.25. The Labute approximate surface area is 116 Å². The molecule has 0 atom stereocenters. The van der Waals surface area contributed by atoms with E-state index in [-0.39, 0.29) is 5.60 Å². The fourth-order valence-corrected chi connectivity index (χ4v) is 2.16. The molecule has 1 saturated heterocycles. The molecule has 0 amide bonds. The molecule has 1 aliphatic heterocycles. The van der Waals surface area contributed by atoms with E-state index < -0.39 is 0 Å². The quantitative estimate of drug-likeness (QED) is 0.851. The predicted molar refractivity (Wildman–Crippen MR) is 78.2 cm³/mol. The second-order valence-corrected chi connectivity index (χ2v) is 6.25. The average molecular weight is 263 g/mol. The Bertz CT molecular complexity index is 389. The Morgan fingerprint density at radius 3 is 2.47 bits per heavy atom. The monoisotopic (exact) mass is 263 g/mol. The summed E-state index contributed by atoms with van der Waals surface area (Å²) in [6, 6.07) is 4.68. The van der Waals surface area contributed by atoms with Gasteiger partial charge < -0.3 is 4.90 Å². The lowest BCUT2D eigenvalue weighted by atomic mass is 10.1. The number of nitrogens with zero attached hydrogens (tertiary/aromatic N) is 2. The van der Waals surface area contributed by atoms with Crippen LogP contribution in [0.25, 0.3) is 0 Å². The van der Waals surface area contributed by atoms with Gasteiger partial charge in [-0.15, -0.1) is 0 Å². The number of nitrogens with one attached hydrogen (secondary N) is 1. The highest BCUT2D eigenvalue weighted by Crippen LogP contribution is 2.19. The fourth-order valence-electron chi connectivity index (χ4n) is 2.16. The van der Waals surface area contributed by atoms with E-state index in [0.29, 0.717) is 6.04 Å². The molecule has 0 aliphatic carbocycles. The lowest BCUT2D eigenvalue weighted by Gasteiger charge is -2.34.